The quantitative estimate of drug-likeness (QED) is 0.636. The largest absolute Gasteiger partial charge is 0.480 e. The third-order valence-corrected chi connectivity index (χ3v) is 4.15. The van der Waals surface area contributed by atoms with Crippen LogP contribution in [0.2, 0.25) is 0 Å². The third-order valence-electron chi connectivity index (χ3n) is 4.15. The summed E-state index contributed by atoms with van der Waals surface area (Å²) in [5.74, 6) is -1.77. The highest BCUT2D eigenvalue weighted by atomic mass is 16.4. The van der Waals surface area contributed by atoms with Gasteiger partial charge in [0.25, 0.3) is 0 Å². The Morgan fingerprint density at radius 3 is 2.38 bits per heavy atom. The van der Waals surface area contributed by atoms with E-state index < -0.39 is 30.1 Å². The van der Waals surface area contributed by atoms with Gasteiger partial charge >= 0.3 is 12.0 Å². The number of hydrogen-bond acceptors (Lipinski definition) is 4. The molecule has 0 bridgehead atoms. The predicted molar refractivity (Wildman–Crippen MR) is 72.3 cm³/mol. The molecule has 8 heteroatoms. The summed E-state index contributed by atoms with van der Waals surface area (Å²) in [6, 6.07) is -1.66. The maximum Gasteiger partial charge on any atom is 0.326 e. The van der Waals surface area contributed by atoms with E-state index in [1.165, 1.54) is 4.90 Å². The zero-order valence-corrected chi connectivity index (χ0v) is 11.8. The molecule has 2 rings (SSSR count). The average Bonchev–Trinajstić information content (AvgIpc) is 3.03. The second-order valence-electron chi connectivity index (χ2n) is 5.71. The van der Waals surface area contributed by atoms with Crippen LogP contribution in [0.5, 0.6) is 0 Å². The molecule has 0 spiro atoms. The topological polar surface area (TPSA) is 124 Å². The summed E-state index contributed by atoms with van der Waals surface area (Å²) in [5, 5.41) is 18.8. The molecule has 1 aliphatic carbocycles. The van der Waals surface area contributed by atoms with Crippen molar-refractivity contribution < 1.29 is 24.6 Å². The number of aliphatic hydroxyl groups excluding tert-OH is 1. The molecule has 3 amide bonds. The van der Waals surface area contributed by atoms with E-state index in [1.807, 2.05) is 0 Å². The van der Waals surface area contributed by atoms with Gasteiger partial charge in [-0.2, -0.15) is 0 Å². The van der Waals surface area contributed by atoms with Gasteiger partial charge in [0.15, 0.2) is 0 Å². The standard InChI is InChI=1S/C13H21N3O5/c14-11(18)7-15(8-3-1-2-4-8)13(21)16-6-9(17)5-10(16)12(19)20/h8-10,17H,1-7H2,(H2,14,18)(H,19,20)/t9-,10+/m1/s1. The molecular weight excluding hydrogens is 278 g/mol. The van der Waals surface area contributed by atoms with E-state index in [0.717, 1.165) is 30.6 Å². The maximum atomic E-state index is 12.6. The number of aliphatic hydroxyl groups is 1. The molecule has 4 N–H and O–H groups in total. The van der Waals surface area contributed by atoms with Gasteiger partial charge in [-0.15, -0.1) is 0 Å². The van der Waals surface area contributed by atoms with Crippen LogP contribution in [0.3, 0.4) is 0 Å². The van der Waals surface area contributed by atoms with Crippen LogP contribution in [0.25, 0.3) is 0 Å². The highest BCUT2D eigenvalue weighted by Crippen LogP contribution is 2.27. The number of primary amides is 1. The number of nitrogens with two attached hydrogens (primary N) is 1. The van der Waals surface area contributed by atoms with Gasteiger partial charge < -0.3 is 25.7 Å². The summed E-state index contributed by atoms with van der Waals surface area (Å²) in [7, 11) is 0. The van der Waals surface area contributed by atoms with E-state index in [2.05, 4.69) is 0 Å². The second kappa shape index (κ2) is 6.30. The number of likely N-dealkylation sites (tertiary alicyclic amines) is 1. The van der Waals surface area contributed by atoms with Crippen molar-refractivity contribution in [3.05, 3.63) is 0 Å². The second-order valence-corrected chi connectivity index (χ2v) is 5.71. The van der Waals surface area contributed by atoms with Crippen LogP contribution in [-0.2, 0) is 9.59 Å². The Hall–Kier alpha value is -1.83. The summed E-state index contributed by atoms with van der Waals surface area (Å²) in [4.78, 5) is 37.5. The first-order valence-electron chi connectivity index (χ1n) is 7.16. The van der Waals surface area contributed by atoms with Gasteiger partial charge in [0, 0.05) is 19.0 Å². The lowest BCUT2D eigenvalue weighted by Gasteiger charge is -2.33. The summed E-state index contributed by atoms with van der Waals surface area (Å²) in [6.45, 7) is -0.250. The summed E-state index contributed by atoms with van der Waals surface area (Å²) in [6.07, 6.45) is 2.67. The van der Waals surface area contributed by atoms with Crippen molar-refractivity contribution in [2.24, 2.45) is 5.73 Å². The van der Waals surface area contributed by atoms with E-state index in [1.54, 1.807) is 0 Å². The highest BCUT2D eigenvalue weighted by Gasteiger charge is 2.42. The first kappa shape index (κ1) is 15.6. The van der Waals surface area contributed by atoms with Crippen LogP contribution in [0.1, 0.15) is 32.1 Å². The molecule has 0 aromatic heterocycles. The van der Waals surface area contributed by atoms with Crippen molar-refractivity contribution in [2.75, 3.05) is 13.1 Å². The van der Waals surface area contributed by atoms with Gasteiger partial charge in [-0.05, 0) is 12.8 Å². The number of aliphatic carboxylic acids is 1. The van der Waals surface area contributed by atoms with Gasteiger partial charge in [-0.25, -0.2) is 9.59 Å². The van der Waals surface area contributed by atoms with Crippen LogP contribution in [0, 0.1) is 0 Å². The first-order chi connectivity index (χ1) is 9.90. The van der Waals surface area contributed by atoms with Gasteiger partial charge in [0.05, 0.1) is 6.10 Å². The van der Waals surface area contributed by atoms with Gasteiger partial charge in [-0.3, -0.25) is 4.79 Å². The molecule has 118 valence electrons. The number of amides is 3. The number of hydrogen-bond donors (Lipinski definition) is 3. The van der Waals surface area contributed by atoms with Crippen molar-refractivity contribution >= 4 is 17.9 Å². The van der Waals surface area contributed by atoms with Crippen LogP contribution >= 0.6 is 0 Å². The fourth-order valence-electron chi connectivity index (χ4n) is 3.16. The molecule has 1 saturated heterocycles. The molecule has 0 radical (unpaired) electrons. The van der Waals surface area contributed by atoms with Crippen LogP contribution in [0.15, 0.2) is 0 Å². The fraction of sp³-hybridized carbons (Fsp3) is 0.769. The molecule has 2 aliphatic rings. The number of carboxylic acids is 1. The van der Waals surface area contributed by atoms with E-state index in [9.17, 15) is 19.5 Å². The maximum absolute atomic E-state index is 12.6. The average molecular weight is 299 g/mol. The molecule has 21 heavy (non-hydrogen) atoms. The Bertz CT molecular complexity index is 436. The SMILES string of the molecule is NC(=O)CN(C(=O)N1C[C@H](O)C[C@H]1C(=O)O)C1CCCC1. The molecule has 2 fully saturated rings. The van der Waals surface area contributed by atoms with Crippen molar-refractivity contribution in [3.63, 3.8) is 0 Å². The lowest BCUT2D eigenvalue weighted by atomic mass is 10.2. The predicted octanol–water partition coefficient (Wildman–Crippen LogP) is -0.644. The minimum atomic E-state index is -1.15. The summed E-state index contributed by atoms with van der Waals surface area (Å²) in [5.41, 5.74) is 5.20. The molecule has 2 atom stereocenters. The van der Waals surface area contributed by atoms with Crippen LogP contribution in [-0.4, -0.2) is 69.2 Å². The van der Waals surface area contributed by atoms with Gasteiger partial charge in [0.1, 0.15) is 12.6 Å². The Morgan fingerprint density at radius 1 is 1.24 bits per heavy atom. The number of β-amino-alcohol motifs (C(OH)–C–C–N with tert-alkyl or cyclic N) is 1. The number of carbonyl (C=O) groups excluding carboxylic acids is 2. The zero-order valence-electron chi connectivity index (χ0n) is 11.8. The Balaban J connectivity index is 2.16. The lowest BCUT2D eigenvalue weighted by Crippen LogP contribution is -2.53. The summed E-state index contributed by atoms with van der Waals surface area (Å²) >= 11 is 0. The Morgan fingerprint density at radius 2 is 1.86 bits per heavy atom. The monoisotopic (exact) mass is 299 g/mol. The molecule has 0 unspecified atom stereocenters. The van der Waals surface area contributed by atoms with Gasteiger partial charge in [-0.1, -0.05) is 12.8 Å². The lowest BCUT2D eigenvalue weighted by molar-refractivity contribution is -0.141. The van der Waals surface area contributed by atoms with Crippen molar-refractivity contribution in [2.45, 2.75) is 50.3 Å². The van der Waals surface area contributed by atoms with Crippen molar-refractivity contribution in [1.82, 2.24) is 9.80 Å². The van der Waals surface area contributed by atoms with E-state index in [-0.39, 0.29) is 25.6 Å². The number of nitrogens with zero attached hydrogens (tertiary/aromatic N) is 2. The fourth-order valence-corrected chi connectivity index (χ4v) is 3.16. The Labute approximate surface area is 122 Å². The molecule has 1 heterocycles. The van der Waals surface area contributed by atoms with E-state index in [4.69, 9.17) is 10.8 Å². The molecule has 0 aromatic carbocycles. The molecule has 0 aromatic rings. The van der Waals surface area contributed by atoms with Gasteiger partial charge in [0.2, 0.25) is 5.91 Å². The number of carboxylic acid groups (broad SMARTS) is 1. The minimum Gasteiger partial charge on any atom is -0.480 e. The molecular formula is C13H21N3O5. The van der Waals surface area contributed by atoms with Crippen molar-refractivity contribution in [3.8, 4) is 0 Å². The normalized spacial score (nSPS) is 26.0. The first-order valence-corrected chi connectivity index (χ1v) is 7.16. The smallest absolute Gasteiger partial charge is 0.326 e. The van der Waals surface area contributed by atoms with Crippen LogP contribution < -0.4 is 5.73 Å². The molecule has 1 aliphatic heterocycles. The van der Waals surface area contributed by atoms with E-state index >= 15 is 0 Å². The van der Waals surface area contributed by atoms with Crippen molar-refractivity contribution in [1.29, 1.82) is 0 Å². The third kappa shape index (κ3) is 3.44. The Kier molecular flexibility index (Phi) is 4.66. The highest BCUT2D eigenvalue weighted by molar-refractivity contribution is 5.87. The van der Waals surface area contributed by atoms with E-state index in [0.29, 0.717) is 0 Å². The number of carbonyl (C=O) groups is 3. The molecule has 1 saturated carbocycles. The zero-order chi connectivity index (χ0) is 15.6. The number of urea groups is 1. The van der Waals surface area contributed by atoms with Crippen LogP contribution in [0.4, 0.5) is 4.79 Å². The molecule has 8 nitrogen and oxygen atoms in total. The summed E-state index contributed by atoms with van der Waals surface area (Å²) < 4.78 is 0. The number of rotatable bonds is 4. The minimum absolute atomic E-state index is 0.0101.